The summed E-state index contributed by atoms with van der Waals surface area (Å²) in [5, 5.41) is 3.36. The van der Waals surface area contributed by atoms with Gasteiger partial charge in [0, 0.05) is 13.1 Å². The summed E-state index contributed by atoms with van der Waals surface area (Å²) in [5.41, 5.74) is -0.664. The summed E-state index contributed by atoms with van der Waals surface area (Å²) in [6.45, 7) is 7.71. The SMILES string of the molecule is CC(C)C1(C)CNCC2(CCC(C(F)(F)F)CC2)O1. The number of hydrogen-bond acceptors (Lipinski definition) is 2. The van der Waals surface area contributed by atoms with Gasteiger partial charge in [0.25, 0.3) is 0 Å². The summed E-state index contributed by atoms with van der Waals surface area (Å²) in [6, 6.07) is 0. The van der Waals surface area contributed by atoms with Gasteiger partial charge in [-0.25, -0.2) is 0 Å². The van der Waals surface area contributed by atoms with Crippen LogP contribution in [-0.2, 0) is 4.74 Å². The molecule has 1 aliphatic heterocycles. The zero-order valence-corrected chi connectivity index (χ0v) is 11.9. The lowest BCUT2D eigenvalue weighted by Crippen LogP contribution is -2.62. The van der Waals surface area contributed by atoms with Crippen LogP contribution in [0.15, 0.2) is 0 Å². The molecule has 112 valence electrons. The largest absolute Gasteiger partial charge is 0.391 e. The van der Waals surface area contributed by atoms with Crippen LogP contribution in [0.25, 0.3) is 0 Å². The second kappa shape index (κ2) is 4.92. The first kappa shape index (κ1) is 15.1. The summed E-state index contributed by atoms with van der Waals surface area (Å²) in [4.78, 5) is 0. The minimum Gasteiger partial charge on any atom is -0.366 e. The number of rotatable bonds is 1. The van der Waals surface area contributed by atoms with Gasteiger partial charge in [-0.15, -0.1) is 0 Å². The van der Waals surface area contributed by atoms with Gasteiger partial charge in [-0.1, -0.05) is 13.8 Å². The normalized spacial score (nSPS) is 40.9. The molecule has 19 heavy (non-hydrogen) atoms. The fourth-order valence-corrected chi connectivity index (χ4v) is 3.18. The van der Waals surface area contributed by atoms with Crippen LogP contribution in [0.3, 0.4) is 0 Å². The lowest BCUT2D eigenvalue weighted by atomic mass is 9.76. The summed E-state index contributed by atoms with van der Waals surface area (Å²) >= 11 is 0. The molecule has 2 aliphatic rings. The van der Waals surface area contributed by atoms with Crippen LogP contribution in [0.2, 0.25) is 0 Å². The average molecular weight is 279 g/mol. The van der Waals surface area contributed by atoms with Crippen molar-refractivity contribution in [2.45, 2.75) is 63.8 Å². The Bertz CT molecular complexity index is 321. The fourth-order valence-electron chi connectivity index (χ4n) is 3.18. The first-order valence-electron chi connectivity index (χ1n) is 7.15. The maximum Gasteiger partial charge on any atom is 0.391 e. The smallest absolute Gasteiger partial charge is 0.366 e. The van der Waals surface area contributed by atoms with Crippen LogP contribution >= 0.6 is 0 Å². The summed E-state index contributed by atoms with van der Waals surface area (Å²) in [7, 11) is 0. The highest BCUT2D eigenvalue weighted by Crippen LogP contribution is 2.45. The first-order valence-corrected chi connectivity index (χ1v) is 7.15. The third-order valence-corrected chi connectivity index (χ3v) is 4.95. The molecule has 0 bridgehead atoms. The Balaban J connectivity index is 2.02. The number of hydrogen-bond donors (Lipinski definition) is 1. The highest BCUT2D eigenvalue weighted by Gasteiger charge is 2.50. The highest BCUT2D eigenvalue weighted by atomic mass is 19.4. The van der Waals surface area contributed by atoms with Crippen LogP contribution in [0.4, 0.5) is 13.2 Å². The zero-order chi connectivity index (χ0) is 14.3. The average Bonchev–Trinajstić information content (AvgIpc) is 2.28. The molecule has 1 saturated carbocycles. The molecule has 0 radical (unpaired) electrons. The monoisotopic (exact) mass is 279 g/mol. The Hall–Kier alpha value is -0.290. The molecule has 1 spiro atoms. The molecule has 1 saturated heterocycles. The van der Waals surface area contributed by atoms with E-state index in [1.165, 1.54) is 0 Å². The minimum absolute atomic E-state index is 0.194. The Morgan fingerprint density at radius 3 is 2.21 bits per heavy atom. The number of halogens is 3. The topological polar surface area (TPSA) is 21.3 Å². The minimum atomic E-state index is -4.05. The highest BCUT2D eigenvalue weighted by molar-refractivity contribution is 4.99. The van der Waals surface area contributed by atoms with E-state index >= 15 is 0 Å². The van der Waals surface area contributed by atoms with E-state index in [2.05, 4.69) is 26.1 Å². The van der Waals surface area contributed by atoms with Crippen molar-refractivity contribution in [3.05, 3.63) is 0 Å². The molecule has 2 nitrogen and oxygen atoms in total. The number of nitrogens with one attached hydrogen (secondary N) is 1. The van der Waals surface area contributed by atoms with Crippen molar-refractivity contribution < 1.29 is 17.9 Å². The van der Waals surface area contributed by atoms with Crippen molar-refractivity contribution in [3.8, 4) is 0 Å². The van der Waals surface area contributed by atoms with Gasteiger partial charge in [0.05, 0.1) is 17.1 Å². The quantitative estimate of drug-likeness (QED) is 0.793. The molecule has 1 N–H and O–H groups in total. The number of alkyl halides is 3. The Labute approximate surface area is 113 Å². The molecule has 2 rings (SSSR count). The van der Waals surface area contributed by atoms with Gasteiger partial charge in [-0.05, 0) is 38.5 Å². The molecular formula is C14H24F3NO. The summed E-state index contributed by atoms with van der Waals surface area (Å²) < 4.78 is 44.5. The first-order chi connectivity index (χ1) is 8.67. The molecule has 2 fully saturated rings. The third kappa shape index (κ3) is 3.07. The Morgan fingerprint density at radius 1 is 1.16 bits per heavy atom. The van der Waals surface area contributed by atoms with Gasteiger partial charge in [0.1, 0.15) is 0 Å². The summed E-state index contributed by atoms with van der Waals surface area (Å²) in [5.74, 6) is -0.800. The van der Waals surface area contributed by atoms with E-state index in [0.717, 1.165) is 6.54 Å². The van der Waals surface area contributed by atoms with Gasteiger partial charge in [-0.3, -0.25) is 0 Å². The van der Waals surface area contributed by atoms with Crippen LogP contribution in [0, 0.1) is 11.8 Å². The van der Waals surface area contributed by atoms with Crippen LogP contribution < -0.4 is 5.32 Å². The fraction of sp³-hybridized carbons (Fsp3) is 1.00. The molecule has 1 atom stereocenters. The van der Waals surface area contributed by atoms with E-state index in [1.807, 2.05) is 0 Å². The van der Waals surface area contributed by atoms with Crippen molar-refractivity contribution in [3.63, 3.8) is 0 Å². The van der Waals surface area contributed by atoms with Crippen LogP contribution in [0.1, 0.15) is 46.5 Å². The van der Waals surface area contributed by atoms with E-state index < -0.39 is 12.1 Å². The predicted octanol–water partition coefficient (Wildman–Crippen LogP) is 3.51. The molecule has 0 amide bonds. The van der Waals surface area contributed by atoms with Gasteiger partial charge in [0.2, 0.25) is 0 Å². The lowest BCUT2D eigenvalue weighted by Gasteiger charge is -2.51. The van der Waals surface area contributed by atoms with Crippen molar-refractivity contribution in [1.82, 2.24) is 5.32 Å². The maximum atomic E-state index is 12.7. The van der Waals surface area contributed by atoms with Crippen molar-refractivity contribution in [2.24, 2.45) is 11.8 Å². The van der Waals surface area contributed by atoms with E-state index in [4.69, 9.17) is 4.74 Å². The van der Waals surface area contributed by atoms with Crippen molar-refractivity contribution in [1.29, 1.82) is 0 Å². The van der Waals surface area contributed by atoms with Crippen LogP contribution in [-0.4, -0.2) is 30.5 Å². The second-order valence-electron chi connectivity index (χ2n) is 6.67. The molecule has 0 aromatic heterocycles. The lowest BCUT2D eigenvalue weighted by molar-refractivity contribution is -0.229. The Morgan fingerprint density at radius 2 is 1.74 bits per heavy atom. The molecule has 0 aromatic rings. The maximum absolute atomic E-state index is 12.7. The van der Waals surface area contributed by atoms with Crippen molar-refractivity contribution in [2.75, 3.05) is 13.1 Å². The van der Waals surface area contributed by atoms with Gasteiger partial charge in [0.15, 0.2) is 0 Å². The van der Waals surface area contributed by atoms with Gasteiger partial charge < -0.3 is 10.1 Å². The van der Waals surface area contributed by atoms with Gasteiger partial charge in [-0.2, -0.15) is 13.2 Å². The number of morpholine rings is 1. The molecule has 0 aromatic carbocycles. The predicted molar refractivity (Wildman–Crippen MR) is 67.9 cm³/mol. The van der Waals surface area contributed by atoms with Crippen molar-refractivity contribution >= 4 is 0 Å². The standard InChI is InChI=1S/C14H24F3NO/c1-10(2)12(3)8-18-9-13(19-12)6-4-11(5-7-13)14(15,16)17/h10-11,18H,4-9H2,1-3H3. The summed E-state index contributed by atoms with van der Waals surface area (Å²) in [6.07, 6.45) is -2.65. The molecule has 1 unspecified atom stereocenters. The molecule has 1 aliphatic carbocycles. The van der Waals surface area contributed by atoms with Crippen LogP contribution in [0.5, 0.6) is 0 Å². The van der Waals surface area contributed by atoms with E-state index in [9.17, 15) is 13.2 Å². The van der Waals surface area contributed by atoms with E-state index in [1.54, 1.807) is 0 Å². The Kier molecular flexibility index (Phi) is 3.91. The molecule has 1 heterocycles. The van der Waals surface area contributed by atoms with E-state index in [-0.39, 0.29) is 24.0 Å². The second-order valence-corrected chi connectivity index (χ2v) is 6.67. The van der Waals surface area contributed by atoms with E-state index in [0.29, 0.717) is 25.3 Å². The molecular weight excluding hydrogens is 255 g/mol. The third-order valence-electron chi connectivity index (χ3n) is 4.95. The number of ether oxygens (including phenoxy) is 1. The zero-order valence-electron chi connectivity index (χ0n) is 11.9. The van der Waals surface area contributed by atoms with Gasteiger partial charge >= 0.3 is 6.18 Å². The molecule has 5 heteroatoms.